The summed E-state index contributed by atoms with van der Waals surface area (Å²) in [5.41, 5.74) is 3.44. The Hall–Kier alpha value is -2.69. The van der Waals surface area contributed by atoms with Crippen LogP contribution >= 0.6 is 0 Å². The van der Waals surface area contributed by atoms with Gasteiger partial charge < -0.3 is 5.11 Å². The monoisotopic (exact) mass is 321 g/mol. The van der Waals surface area contributed by atoms with Gasteiger partial charge in [0.25, 0.3) is 0 Å². The zero-order valence-corrected chi connectivity index (χ0v) is 13.7. The summed E-state index contributed by atoms with van der Waals surface area (Å²) in [6.45, 7) is 4.08. The molecule has 0 radical (unpaired) electrons. The van der Waals surface area contributed by atoms with Crippen molar-refractivity contribution < 1.29 is 9.90 Å². The van der Waals surface area contributed by atoms with Crippen molar-refractivity contribution in [2.75, 3.05) is 0 Å². The van der Waals surface area contributed by atoms with Crippen molar-refractivity contribution in [3.63, 3.8) is 0 Å². The van der Waals surface area contributed by atoms with E-state index in [1.807, 2.05) is 48.9 Å². The van der Waals surface area contributed by atoms with Gasteiger partial charge in [0.05, 0.1) is 22.3 Å². The zero-order valence-electron chi connectivity index (χ0n) is 13.7. The van der Waals surface area contributed by atoms with Crippen molar-refractivity contribution in [2.45, 2.75) is 38.6 Å². The van der Waals surface area contributed by atoms with Crippen molar-refractivity contribution in [3.05, 3.63) is 47.7 Å². The van der Waals surface area contributed by atoms with Gasteiger partial charge in [-0.1, -0.05) is 30.3 Å². The highest BCUT2D eigenvalue weighted by atomic mass is 16.4. The van der Waals surface area contributed by atoms with Crippen LogP contribution in [0.5, 0.6) is 0 Å². The van der Waals surface area contributed by atoms with E-state index in [2.05, 4.69) is 0 Å². The molecule has 3 aromatic rings. The van der Waals surface area contributed by atoms with Gasteiger partial charge in [-0.25, -0.2) is 14.5 Å². The van der Waals surface area contributed by atoms with Crippen LogP contribution in [0.2, 0.25) is 0 Å². The lowest BCUT2D eigenvalue weighted by Gasteiger charge is -2.09. The van der Waals surface area contributed by atoms with E-state index in [0.717, 1.165) is 24.1 Å². The molecule has 122 valence electrons. The fourth-order valence-electron chi connectivity index (χ4n) is 3.09. The van der Waals surface area contributed by atoms with E-state index >= 15 is 0 Å². The van der Waals surface area contributed by atoms with E-state index < -0.39 is 5.97 Å². The Balaban J connectivity index is 2.05. The molecule has 0 bridgehead atoms. The maximum atomic E-state index is 11.9. The number of hydrogen-bond donors (Lipinski definition) is 1. The maximum absolute atomic E-state index is 11.9. The Labute approximate surface area is 140 Å². The second-order valence-corrected chi connectivity index (χ2v) is 6.62. The fourth-order valence-corrected chi connectivity index (χ4v) is 3.09. The van der Waals surface area contributed by atoms with E-state index in [9.17, 15) is 9.90 Å². The highest BCUT2D eigenvalue weighted by Crippen LogP contribution is 2.44. The number of pyridine rings is 1. The van der Waals surface area contributed by atoms with Gasteiger partial charge in [-0.05, 0) is 32.8 Å². The van der Waals surface area contributed by atoms with Gasteiger partial charge >= 0.3 is 5.97 Å². The summed E-state index contributed by atoms with van der Waals surface area (Å²) in [6, 6.07) is 11.5. The first-order valence-corrected chi connectivity index (χ1v) is 8.28. The van der Waals surface area contributed by atoms with Gasteiger partial charge in [-0.15, -0.1) is 0 Å². The number of carbonyl (C=O) groups is 1. The lowest BCUT2D eigenvalue weighted by atomic mass is 10.0. The van der Waals surface area contributed by atoms with Crippen molar-refractivity contribution in [2.24, 2.45) is 0 Å². The van der Waals surface area contributed by atoms with Crippen molar-refractivity contribution in [3.8, 4) is 11.3 Å². The molecule has 1 N–H and O–H groups in total. The number of aromatic carboxylic acids is 1. The molecule has 2 aromatic heterocycles. The van der Waals surface area contributed by atoms with Gasteiger partial charge in [0, 0.05) is 17.5 Å². The predicted molar refractivity (Wildman–Crippen MR) is 92.3 cm³/mol. The van der Waals surface area contributed by atoms with Crippen LogP contribution in [0, 0.1) is 0 Å². The lowest BCUT2D eigenvalue weighted by Crippen LogP contribution is -2.05. The molecule has 1 fully saturated rings. The third-order valence-electron chi connectivity index (χ3n) is 4.44. The lowest BCUT2D eigenvalue weighted by molar-refractivity contribution is 0.0699. The summed E-state index contributed by atoms with van der Waals surface area (Å²) >= 11 is 0. The molecule has 1 aliphatic rings. The Bertz CT molecular complexity index is 925. The zero-order chi connectivity index (χ0) is 16.8. The summed E-state index contributed by atoms with van der Waals surface area (Å²) in [5, 5.41) is 15.2. The highest BCUT2D eigenvalue weighted by molar-refractivity contribution is 6.04. The summed E-state index contributed by atoms with van der Waals surface area (Å²) in [5.74, 6) is -0.556. The van der Waals surface area contributed by atoms with E-state index in [4.69, 9.17) is 10.1 Å². The number of carboxylic acid groups (broad SMARTS) is 1. The van der Waals surface area contributed by atoms with Crippen molar-refractivity contribution in [1.82, 2.24) is 14.8 Å². The van der Waals surface area contributed by atoms with Gasteiger partial charge in [-0.3, -0.25) is 0 Å². The van der Waals surface area contributed by atoms with Crippen molar-refractivity contribution >= 4 is 17.0 Å². The van der Waals surface area contributed by atoms with Crippen LogP contribution in [0.1, 0.15) is 54.7 Å². The number of carboxylic acids is 1. The topological polar surface area (TPSA) is 68.0 Å². The number of benzene rings is 1. The van der Waals surface area contributed by atoms with Crippen LogP contribution in [-0.4, -0.2) is 25.8 Å². The number of nitrogens with zero attached hydrogens (tertiary/aromatic N) is 3. The molecule has 1 saturated carbocycles. The number of aromatic nitrogens is 3. The third-order valence-corrected chi connectivity index (χ3v) is 4.44. The standard InChI is InChI=1S/C19H19N3O2/c1-11(2)22-18-16(17(21-22)13-8-9-13)14(19(23)24)10-15(20-18)12-6-4-3-5-7-12/h3-7,10-11,13H,8-9H2,1-2H3,(H,23,24). The summed E-state index contributed by atoms with van der Waals surface area (Å²) < 4.78 is 1.86. The van der Waals surface area contributed by atoms with Crippen LogP contribution in [0.4, 0.5) is 0 Å². The molecule has 0 saturated heterocycles. The van der Waals surface area contributed by atoms with Gasteiger partial charge in [0.15, 0.2) is 5.65 Å². The number of rotatable bonds is 4. The third kappa shape index (κ3) is 2.37. The molecule has 4 rings (SSSR count). The maximum Gasteiger partial charge on any atom is 0.336 e. The van der Waals surface area contributed by atoms with E-state index in [1.54, 1.807) is 6.07 Å². The molecule has 0 aliphatic heterocycles. The Kier molecular flexibility index (Phi) is 3.37. The van der Waals surface area contributed by atoms with Crippen molar-refractivity contribution in [1.29, 1.82) is 0 Å². The van der Waals surface area contributed by atoms with Crippen LogP contribution in [-0.2, 0) is 0 Å². The molecular weight excluding hydrogens is 302 g/mol. The van der Waals surface area contributed by atoms with Crippen LogP contribution in [0.25, 0.3) is 22.3 Å². The molecule has 1 aliphatic carbocycles. The van der Waals surface area contributed by atoms with Gasteiger partial charge in [0.2, 0.25) is 0 Å². The molecule has 24 heavy (non-hydrogen) atoms. The molecule has 5 heteroatoms. The van der Waals surface area contributed by atoms with Crippen LogP contribution in [0.3, 0.4) is 0 Å². The summed E-state index contributed by atoms with van der Waals surface area (Å²) in [6.07, 6.45) is 2.15. The Morgan fingerprint density at radius 2 is 1.96 bits per heavy atom. The fraction of sp³-hybridized carbons (Fsp3) is 0.316. The first-order chi connectivity index (χ1) is 11.6. The van der Waals surface area contributed by atoms with Crippen LogP contribution in [0.15, 0.2) is 36.4 Å². The predicted octanol–water partition coefficient (Wildman–Crippen LogP) is 4.25. The molecule has 0 unspecified atom stereocenters. The Morgan fingerprint density at radius 1 is 1.25 bits per heavy atom. The second kappa shape index (κ2) is 5.44. The van der Waals surface area contributed by atoms with E-state index in [0.29, 0.717) is 28.2 Å². The minimum Gasteiger partial charge on any atom is -0.478 e. The molecule has 0 spiro atoms. The van der Waals surface area contributed by atoms with Gasteiger partial charge in [0.1, 0.15) is 0 Å². The minimum absolute atomic E-state index is 0.125. The average Bonchev–Trinajstić information content (AvgIpc) is 3.34. The molecule has 5 nitrogen and oxygen atoms in total. The molecule has 1 aromatic carbocycles. The second-order valence-electron chi connectivity index (χ2n) is 6.62. The molecule has 0 atom stereocenters. The normalized spacial score (nSPS) is 14.5. The minimum atomic E-state index is -0.926. The quantitative estimate of drug-likeness (QED) is 0.780. The average molecular weight is 321 g/mol. The Morgan fingerprint density at radius 3 is 2.54 bits per heavy atom. The largest absolute Gasteiger partial charge is 0.478 e. The van der Waals surface area contributed by atoms with E-state index in [-0.39, 0.29) is 6.04 Å². The molecular formula is C19H19N3O2. The van der Waals surface area contributed by atoms with E-state index in [1.165, 1.54) is 0 Å². The first-order valence-electron chi connectivity index (χ1n) is 8.28. The first kappa shape index (κ1) is 14.9. The van der Waals surface area contributed by atoms with Crippen LogP contribution < -0.4 is 0 Å². The number of fused-ring (bicyclic) bond motifs is 1. The molecule has 2 heterocycles. The number of hydrogen-bond acceptors (Lipinski definition) is 3. The highest BCUT2D eigenvalue weighted by Gasteiger charge is 2.32. The smallest absolute Gasteiger partial charge is 0.336 e. The van der Waals surface area contributed by atoms with Gasteiger partial charge in [-0.2, -0.15) is 5.10 Å². The molecule has 0 amide bonds. The summed E-state index contributed by atoms with van der Waals surface area (Å²) in [7, 11) is 0. The summed E-state index contributed by atoms with van der Waals surface area (Å²) in [4.78, 5) is 16.7. The SMILES string of the molecule is CC(C)n1nc(C2CC2)c2c(C(=O)O)cc(-c3ccccc3)nc21.